The smallest absolute Gasteiger partial charge is 0.146 e. The van der Waals surface area contributed by atoms with Gasteiger partial charge in [0.25, 0.3) is 0 Å². The van der Waals surface area contributed by atoms with Gasteiger partial charge in [0.05, 0.1) is 6.10 Å². The summed E-state index contributed by atoms with van der Waals surface area (Å²) in [6, 6.07) is 0. The molecule has 0 saturated heterocycles. The molecule has 2 heteroatoms. The van der Waals surface area contributed by atoms with Gasteiger partial charge >= 0.3 is 0 Å². The van der Waals surface area contributed by atoms with E-state index in [0.29, 0.717) is 23.9 Å². The van der Waals surface area contributed by atoms with Gasteiger partial charge in [-0.1, -0.05) is 38.5 Å². The largest absolute Gasteiger partial charge is 0.378 e. The number of allylic oxidation sites excluding steroid dienone is 4. The van der Waals surface area contributed by atoms with Gasteiger partial charge in [-0.2, -0.15) is 0 Å². The first-order chi connectivity index (χ1) is 11.0. The summed E-state index contributed by atoms with van der Waals surface area (Å²) in [7, 11) is 0. The number of carbonyl (C=O) groups excluding carboxylic acids is 1. The van der Waals surface area contributed by atoms with Crippen molar-refractivity contribution < 1.29 is 9.53 Å². The Morgan fingerprint density at radius 3 is 2.78 bits per heavy atom. The number of aldehydes is 1. The number of hydrogen-bond acceptors (Lipinski definition) is 2. The van der Waals surface area contributed by atoms with Crippen LogP contribution >= 0.6 is 0 Å². The molecule has 3 rings (SSSR count). The highest BCUT2D eigenvalue weighted by atomic mass is 16.5. The van der Waals surface area contributed by atoms with Crippen LogP contribution in [0.5, 0.6) is 0 Å². The van der Waals surface area contributed by atoms with Crippen LogP contribution in [0.4, 0.5) is 0 Å². The fraction of sp³-hybridized carbons (Fsp3) is 0.667. The van der Waals surface area contributed by atoms with Gasteiger partial charge in [0.15, 0.2) is 0 Å². The van der Waals surface area contributed by atoms with Gasteiger partial charge in [-0.25, -0.2) is 0 Å². The van der Waals surface area contributed by atoms with Crippen molar-refractivity contribution in [3.05, 3.63) is 34.4 Å². The molecule has 0 aromatic heterocycles. The van der Waals surface area contributed by atoms with Gasteiger partial charge in [-0.3, -0.25) is 4.79 Å². The van der Waals surface area contributed by atoms with Gasteiger partial charge in [0.2, 0.25) is 0 Å². The van der Waals surface area contributed by atoms with Crippen LogP contribution in [0.2, 0.25) is 0 Å². The molecular weight excluding hydrogens is 284 g/mol. The van der Waals surface area contributed by atoms with E-state index < -0.39 is 0 Å². The summed E-state index contributed by atoms with van der Waals surface area (Å²) >= 11 is 0. The Hall–Kier alpha value is -1.15. The molecule has 0 aromatic rings. The maximum absolute atomic E-state index is 11.4. The third-order valence-electron chi connectivity index (χ3n) is 6.16. The predicted molar refractivity (Wildman–Crippen MR) is 94.2 cm³/mol. The molecule has 0 N–H and O–H groups in total. The van der Waals surface area contributed by atoms with Crippen molar-refractivity contribution in [3.63, 3.8) is 0 Å². The maximum atomic E-state index is 11.4. The fourth-order valence-corrected chi connectivity index (χ4v) is 4.93. The molecule has 3 aliphatic rings. The van der Waals surface area contributed by atoms with Crippen LogP contribution in [-0.4, -0.2) is 19.0 Å². The van der Waals surface area contributed by atoms with E-state index in [1.54, 1.807) is 11.1 Å². The molecule has 23 heavy (non-hydrogen) atoms. The monoisotopic (exact) mass is 314 g/mol. The summed E-state index contributed by atoms with van der Waals surface area (Å²) in [5, 5.41) is 0. The number of ether oxygens (including phenoxy) is 1. The molecule has 0 bridgehead atoms. The lowest BCUT2D eigenvalue weighted by Gasteiger charge is -2.42. The van der Waals surface area contributed by atoms with Crippen molar-refractivity contribution in [2.24, 2.45) is 17.3 Å². The second-order valence-corrected chi connectivity index (χ2v) is 7.94. The molecule has 0 aliphatic heterocycles. The first kappa shape index (κ1) is 16.7. The van der Waals surface area contributed by atoms with Gasteiger partial charge < -0.3 is 4.74 Å². The lowest BCUT2D eigenvalue weighted by molar-refractivity contribution is -0.105. The topological polar surface area (TPSA) is 26.3 Å². The van der Waals surface area contributed by atoms with Crippen LogP contribution in [0, 0.1) is 17.3 Å². The van der Waals surface area contributed by atoms with Crippen LogP contribution in [0.25, 0.3) is 0 Å². The average molecular weight is 314 g/mol. The lowest BCUT2D eigenvalue weighted by Crippen LogP contribution is -2.34. The summed E-state index contributed by atoms with van der Waals surface area (Å²) in [5.41, 5.74) is 5.92. The fourth-order valence-electron chi connectivity index (χ4n) is 4.93. The molecule has 0 heterocycles. The second kappa shape index (κ2) is 6.39. The summed E-state index contributed by atoms with van der Waals surface area (Å²) < 4.78 is 6.08. The molecule has 126 valence electrons. The van der Waals surface area contributed by atoms with Gasteiger partial charge in [-0.05, 0) is 60.7 Å². The van der Waals surface area contributed by atoms with E-state index in [9.17, 15) is 4.79 Å². The van der Waals surface area contributed by atoms with E-state index in [4.69, 9.17) is 4.74 Å². The zero-order valence-electron chi connectivity index (χ0n) is 15.0. The zero-order valence-corrected chi connectivity index (χ0v) is 15.0. The van der Waals surface area contributed by atoms with Gasteiger partial charge in [0.1, 0.15) is 6.29 Å². The molecule has 0 amide bonds. The van der Waals surface area contributed by atoms with Crippen molar-refractivity contribution in [1.29, 1.82) is 0 Å². The van der Waals surface area contributed by atoms with E-state index in [-0.39, 0.29) is 6.10 Å². The Kier molecular flexibility index (Phi) is 4.64. The molecule has 3 aliphatic carbocycles. The minimum absolute atomic E-state index is 0.149. The van der Waals surface area contributed by atoms with Crippen molar-refractivity contribution >= 4 is 6.29 Å². The van der Waals surface area contributed by atoms with E-state index in [2.05, 4.69) is 33.8 Å². The van der Waals surface area contributed by atoms with Crippen molar-refractivity contribution in [3.8, 4) is 0 Å². The van der Waals surface area contributed by atoms with Crippen molar-refractivity contribution in [2.45, 2.75) is 65.9 Å². The standard InChI is InChI=1S/C21H30O2/c1-5-23-19-12-15(13-22)6-7-18-17(19)9-11-21(4)10-8-16(14(2)3)20(18)21/h6-7,13-14,17,19H,5,8-12H2,1-4H3/t17?,19-,21+/m0/s1. The molecule has 0 spiro atoms. The molecule has 0 aromatic carbocycles. The van der Waals surface area contributed by atoms with E-state index in [0.717, 1.165) is 18.3 Å². The van der Waals surface area contributed by atoms with Crippen LogP contribution in [0.1, 0.15) is 59.8 Å². The third-order valence-corrected chi connectivity index (χ3v) is 6.16. The van der Waals surface area contributed by atoms with Crippen LogP contribution in [0.3, 0.4) is 0 Å². The Morgan fingerprint density at radius 2 is 2.13 bits per heavy atom. The van der Waals surface area contributed by atoms with Crippen LogP contribution in [-0.2, 0) is 9.53 Å². The van der Waals surface area contributed by atoms with Crippen molar-refractivity contribution in [2.75, 3.05) is 6.61 Å². The van der Waals surface area contributed by atoms with E-state index >= 15 is 0 Å². The van der Waals surface area contributed by atoms with E-state index in [1.807, 2.05) is 6.08 Å². The minimum Gasteiger partial charge on any atom is -0.378 e. The Bertz CT molecular complexity index is 579. The van der Waals surface area contributed by atoms with E-state index in [1.165, 1.54) is 31.3 Å². The van der Waals surface area contributed by atoms with Gasteiger partial charge in [0, 0.05) is 18.9 Å². The molecular formula is C21H30O2. The summed E-state index contributed by atoms with van der Waals surface area (Å²) in [6.45, 7) is 9.86. The Balaban J connectivity index is 2.09. The number of fused-ring (bicyclic) bond motifs is 3. The predicted octanol–water partition coefficient (Wildman–Crippen LogP) is 5.01. The highest BCUT2D eigenvalue weighted by molar-refractivity contribution is 5.74. The summed E-state index contributed by atoms with van der Waals surface area (Å²) in [4.78, 5) is 11.4. The number of rotatable bonds is 4. The lowest BCUT2D eigenvalue weighted by atomic mass is 9.64. The zero-order chi connectivity index (χ0) is 16.6. The molecule has 1 fully saturated rings. The highest BCUT2D eigenvalue weighted by Crippen LogP contribution is 2.57. The molecule has 0 radical (unpaired) electrons. The number of carbonyl (C=O) groups is 1. The maximum Gasteiger partial charge on any atom is 0.146 e. The normalized spacial score (nSPS) is 33.8. The molecule has 2 nitrogen and oxygen atoms in total. The Labute approximate surface area is 140 Å². The molecule has 3 atom stereocenters. The molecule has 1 saturated carbocycles. The second-order valence-electron chi connectivity index (χ2n) is 7.94. The SMILES string of the molecule is CCO[C@H]1CC(C=O)=CC=C2C3=C(C(C)C)CC[C@]3(C)CCC21. The summed E-state index contributed by atoms with van der Waals surface area (Å²) in [6.07, 6.45) is 11.1. The molecule has 1 unspecified atom stereocenters. The Morgan fingerprint density at radius 1 is 1.35 bits per heavy atom. The van der Waals surface area contributed by atoms with Crippen LogP contribution in [0.15, 0.2) is 34.4 Å². The first-order valence-corrected chi connectivity index (χ1v) is 9.21. The first-order valence-electron chi connectivity index (χ1n) is 9.21. The van der Waals surface area contributed by atoms with Crippen molar-refractivity contribution in [1.82, 2.24) is 0 Å². The quantitative estimate of drug-likeness (QED) is 0.682. The third kappa shape index (κ3) is 2.87. The van der Waals surface area contributed by atoms with Crippen LogP contribution < -0.4 is 0 Å². The van der Waals surface area contributed by atoms with Gasteiger partial charge in [-0.15, -0.1) is 0 Å². The minimum atomic E-state index is 0.149. The highest BCUT2D eigenvalue weighted by Gasteiger charge is 2.46. The number of hydrogen-bond donors (Lipinski definition) is 0. The average Bonchev–Trinajstić information content (AvgIpc) is 2.78. The summed E-state index contributed by atoms with van der Waals surface area (Å²) in [5.74, 6) is 1.05.